The van der Waals surface area contributed by atoms with Crippen molar-refractivity contribution in [3.8, 4) is 0 Å². The van der Waals surface area contributed by atoms with Crippen molar-refractivity contribution in [3.05, 3.63) is 42.2 Å². The van der Waals surface area contributed by atoms with E-state index in [9.17, 15) is 0 Å². The summed E-state index contributed by atoms with van der Waals surface area (Å²) in [5, 5.41) is 7.48. The first-order chi connectivity index (χ1) is 8.81. The van der Waals surface area contributed by atoms with Crippen molar-refractivity contribution in [1.29, 1.82) is 0 Å². The van der Waals surface area contributed by atoms with Crippen LogP contribution in [0.4, 0.5) is 6.01 Å². The maximum absolute atomic E-state index is 5.56. The molecule has 2 heterocycles. The van der Waals surface area contributed by atoms with Gasteiger partial charge in [0.05, 0.1) is 5.69 Å². The molecule has 0 aliphatic carbocycles. The van der Waals surface area contributed by atoms with Crippen molar-refractivity contribution < 1.29 is 4.42 Å². The highest BCUT2D eigenvalue weighted by Gasteiger charge is 2.04. The molecular weight excluding hydrogens is 228 g/mol. The number of hydrogen-bond donors (Lipinski definition) is 1. The Kier molecular flexibility index (Phi) is 2.72. The van der Waals surface area contributed by atoms with Crippen molar-refractivity contribution in [1.82, 2.24) is 14.8 Å². The van der Waals surface area contributed by atoms with E-state index in [1.807, 2.05) is 43.6 Å². The molecule has 3 rings (SSSR count). The lowest BCUT2D eigenvalue weighted by Gasteiger charge is -1.98. The molecule has 0 radical (unpaired) electrons. The minimum absolute atomic E-state index is 0.562. The number of benzene rings is 1. The van der Waals surface area contributed by atoms with Crippen LogP contribution in [0, 0.1) is 0 Å². The SMILES string of the molecule is Cn1ccc(CCNc2nc3ccccc3o2)n1. The molecule has 2 aromatic heterocycles. The van der Waals surface area contributed by atoms with Crippen LogP contribution in [-0.2, 0) is 13.5 Å². The molecule has 0 aliphatic rings. The molecule has 0 unspecified atom stereocenters. The lowest BCUT2D eigenvalue weighted by Crippen LogP contribution is -2.05. The van der Waals surface area contributed by atoms with E-state index in [1.54, 1.807) is 4.68 Å². The van der Waals surface area contributed by atoms with Gasteiger partial charge in [-0.05, 0) is 18.2 Å². The van der Waals surface area contributed by atoms with Crippen LogP contribution in [0.1, 0.15) is 5.69 Å². The Balaban J connectivity index is 1.62. The summed E-state index contributed by atoms with van der Waals surface area (Å²) in [6.45, 7) is 0.754. The van der Waals surface area contributed by atoms with Crippen molar-refractivity contribution in [2.45, 2.75) is 6.42 Å². The first kappa shape index (κ1) is 10.8. The van der Waals surface area contributed by atoms with E-state index >= 15 is 0 Å². The highest BCUT2D eigenvalue weighted by Crippen LogP contribution is 2.17. The van der Waals surface area contributed by atoms with Gasteiger partial charge in [0.25, 0.3) is 6.01 Å². The number of oxazole rings is 1. The number of hydrogen-bond acceptors (Lipinski definition) is 4. The van der Waals surface area contributed by atoms with Crippen molar-refractivity contribution >= 4 is 17.1 Å². The molecular formula is C13H14N4O. The van der Waals surface area contributed by atoms with Crippen LogP contribution in [0.25, 0.3) is 11.1 Å². The van der Waals surface area contributed by atoms with E-state index in [0.29, 0.717) is 6.01 Å². The Morgan fingerprint density at radius 3 is 2.94 bits per heavy atom. The number of nitrogens with zero attached hydrogens (tertiary/aromatic N) is 3. The van der Waals surface area contributed by atoms with Gasteiger partial charge < -0.3 is 9.73 Å². The summed E-state index contributed by atoms with van der Waals surface area (Å²) in [5.74, 6) is 0. The number of fused-ring (bicyclic) bond motifs is 1. The summed E-state index contributed by atoms with van der Waals surface area (Å²) < 4.78 is 7.36. The molecule has 92 valence electrons. The number of aryl methyl sites for hydroxylation is 1. The first-order valence-electron chi connectivity index (χ1n) is 5.89. The quantitative estimate of drug-likeness (QED) is 0.762. The Hall–Kier alpha value is -2.30. The zero-order chi connectivity index (χ0) is 12.4. The van der Waals surface area contributed by atoms with Gasteiger partial charge in [0, 0.05) is 26.2 Å². The second kappa shape index (κ2) is 4.52. The Morgan fingerprint density at radius 2 is 2.17 bits per heavy atom. The minimum atomic E-state index is 0.562. The summed E-state index contributed by atoms with van der Waals surface area (Å²) in [6.07, 6.45) is 2.79. The van der Waals surface area contributed by atoms with E-state index < -0.39 is 0 Å². The topological polar surface area (TPSA) is 55.9 Å². The lowest BCUT2D eigenvalue weighted by atomic mass is 10.3. The predicted octanol–water partition coefficient (Wildman–Crippen LogP) is 2.22. The minimum Gasteiger partial charge on any atom is -0.424 e. The Labute approximate surface area is 104 Å². The summed E-state index contributed by atoms with van der Waals surface area (Å²) in [7, 11) is 1.91. The molecule has 18 heavy (non-hydrogen) atoms. The maximum Gasteiger partial charge on any atom is 0.295 e. The third kappa shape index (κ3) is 2.20. The Bertz CT molecular complexity index is 623. The third-order valence-electron chi connectivity index (χ3n) is 2.72. The molecule has 0 bridgehead atoms. The second-order valence-corrected chi connectivity index (χ2v) is 4.14. The first-order valence-corrected chi connectivity index (χ1v) is 5.89. The average molecular weight is 242 g/mol. The average Bonchev–Trinajstić information content (AvgIpc) is 2.95. The molecule has 0 fully saturated rings. The van der Waals surface area contributed by atoms with Crippen LogP contribution in [0.5, 0.6) is 0 Å². The molecule has 0 aliphatic heterocycles. The van der Waals surface area contributed by atoms with Gasteiger partial charge in [-0.15, -0.1) is 0 Å². The van der Waals surface area contributed by atoms with Gasteiger partial charge in [0.2, 0.25) is 0 Å². The van der Waals surface area contributed by atoms with Crippen LogP contribution < -0.4 is 5.32 Å². The molecule has 0 saturated heterocycles. The van der Waals surface area contributed by atoms with E-state index in [-0.39, 0.29) is 0 Å². The molecule has 0 spiro atoms. The van der Waals surface area contributed by atoms with Crippen molar-refractivity contribution in [2.75, 3.05) is 11.9 Å². The highest BCUT2D eigenvalue weighted by molar-refractivity contribution is 5.74. The lowest BCUT2D eigenvalue weighted by molar-refractivity contribution is 0.614. The molecule has 3 aromatic rings. The van der Waals surface area contributed by atoms with Gasteiger partial charge in [-0.3, -0.25) is 4.68 Å². The van der Waals surface area contributed by atoms with Crippen molar-refractivity contribution in [3.63, 3.8) is 0 Å². The monoisotopic (exact) mass is 242 g/mol. The summed E-state index contributed by atoms with van der Waals surface area (Å²) in [4.78, 5) is 4.35. The predicted molar refractivity (Wildman–Crippen MR) is 69.4 cm³/mol. The molecule has 1 aromatic carbocycles. The maximum atomic E-state index is 5.56. The number of anilines is 1. The number of nitrogens with one attached hydrogen (secondary N) is 1. The fourth-order valence-electron chi connectivity index (χ4n) is 1.84. The fourth-order valence-corrected chi connectivity index (χ4v) is 1.84. The zero-order valence-electron chi connectivity index (χ0n) is 10.1. The van der Waals surface area contributed by atoms with E-state index in [0.717, 1.165) is 29.8 Å². The summed E-state index contributed by atoms with van der Waals surface area (Å²) in [5.41, 5.74) is 2.73. The van der Waals surface area contributed by atoms with Crippen LogP contribution in [0.3, 0.4) is 0 Å². The van der Waals surface area contributed by atoms with E-state index in [2.05, 4.69) is 15.4 Å². The van der Waals surface area contributed by atoms with E-state index in [1.165, 1.54) is 0 Å². The van der Waals surface area contributed by atoms with Gasteiger partial charge in [-0.1, -0.05) is 12.1 Å². The molecule has 0 atom stereocenters. The molecule has 0 amide bonds. The molecule has 5 heteroatoms. The van der Waals surface area contributed by atoms with Crippen LogP contribution >= 0.6 is 0 Å². The molecule has 5 nitrogen and oxygen atoms in total. The molecule has 1 N–H and O–H groups in total. The van der Waals surface area contributed by atoms with Gasteiger partial charge in [0.1, 0.15) is 5.52 Å². The van der Waals surface area contributed by atoms with E-state index in [4.69, 9.17) is 4.42 Å². The number of para-hydroxylation sites is 2. The molecule has 0 saturated carbocycles. The van der Waals surface area contributed by atoms with Gasteiger partial charge >= 0.3 is 0 Å². The fraction of sp³-hybridized carbons (Fsp3) is 0.231. The highest BCUT2D eigenvalue weighted by atomic mass is 16.4. The standard InChI is InChI=1S/C13H14N4O/c1-17-9-7-10(16-17)6-8-14-13-15-11-4-2-3-5-12(11)18-13/h2-5,7,9H,6,8H2,1H3,(H,14,15). The second-order valence-electron chi connectivity index (χ2n) is 4.14. The Morgan fingerprint density at radius 1 is 1.28 bits per heavy atom. The number of rotatable bonds is 4. The smallest absolute Gasteiger partial charge is 0.295 e. The summed E-state index contributed by atoms with van der Waals surface area (Å²) >= 11 is 0. The van der Waals surface area contributed by atoms with Crippen molar-refractivity contribution in [2.24, 2.45) is 7.05 Å². The largest absolute Gasteiger partial charge is 0.424 e. The van der Waals surface area contributed by atoms with Crippen LogP contribution in [-0.4, -0.2) is 21.3 Å². The zero-order valence-corrected chi connectivity index (χ0v) is 10.1. The number of aromatic nitrogens is 3. The normalized spacial score (nSPS) is 10.9. The van der Waals surface area contributed by atoms with Gasteiger partial charge in [-0.25, -0.2) is 0 Å². The van der Waals surface area contributed by atoms with Gasteiger partial charge in [-0.2, -0.15) is 10.1 Å². The third-order valence-corrected chi connectivity index (χ3v) is 2.72. The summed E-state index contributed by atoms with van der Waals surface area (Å²) in [6, 6.07) is 10.3. The van der Waals surface area contributed by atoms with Crippen LogP contribution in [0.2, 0.25) is 0 Å². The van der Waals surface area contributed by atoms with Gasteiger partial charge in [0.15, 0.2) is 5.58 Å². The van der Waals surface area contributed by atoms with Crippen LogP contribution in [0.15, 0.2) is 40.9 Å².